The Morgan fingerprint density at radius 3 is 2.16 bits per heavy atom. The molecule has 0 heterocycles. The molecule has 136 valence electrons. The van der Waals surface area contributed by atoms with Gasteiger partial charge in [-0.05, 0) is 62.1 Å². The lowest BCUT2D eigenvalue weighted by Crippen LogP contribution is -2.28. The summed E-state index contributed by atoms with van der Waals surface area (Å²) in [6, 6.07) is 8.43. The number of sulfonamides is 1. The van der Waals surface area contributed by atoms with Gasteiger partial charge < -0.3 is 9.47 Å². The van der Waals surface area contributed by atoms with Crippen molar-refractivity contribution in [2.45, 2.75) is 38.6 Å². The normalized spacial score (nSPS) is 12.7. The lowest BCUT2D eigenvalue weighted by Gasteiger charge is -2.19. The van der Waals surface area contributed by atoms with Crippen molar-refractivity contribution in [2.75, 3.05) is 14.2 Å². The first-order valence-electron chi connectivity index (χ1n) is 8.01. The predicted molar refractivity (Wildman–Crippen MR) is 98.9 cm³/mol. The molecule has 0 aliphatic carbocycles. The summed E-state index contributed by atoms with van der Waals surface area (Å²) < 4.78 is 38.8. The molecule has 0 saturated carbocycles. The Labute approximate surface area is 150 Å². The molecule has 0 spiro atoms. The van der Waals surface area contributed by atoms with Crippen LogP contribution in [-0.2, 0) is 10.0 Å². The molecular weight excluding hydrogens is 338 g/mol. The van der Waals surface area contributed by atoms with Crippen molar-refractivity contribution in [3.05, 3.63) is 52.6 Å². The van der Waals surface area contributed by atoms with Crippen LogP contribution in [0.2, 0.25) is 0 Å². The van der Waals surface area contributed by atoms with Crippen LogP contribution >= 0.6 is 0 Å². The second-order valence-electron chi connectivity index (χ2n) is 6.15. The maximum Gasteiger partial charge on any atom is 0.244 e. The minimum Gasteiger partial charge on any atom is -0.497 e. The molecule has 25 heavy (non-hydrogen) atoms. The molecule has 2 aromatic carbocycles. The Morgan fingerprint density at radius 2 is 1.56 bits per heavy atom. The van der Waals surface area contributed by atoms with Gasteiger partial charge in [0.2, 0.25) is 10.0 Å². The molecule has 6 heteroatoms. The summed E-state index contributed by atoms with van der Waals surface area (Å²) in [7, 11) is -0.843. The average Bonchev–Trinajstić information content (AvgIpc) is 2.56. The molecule has 2 aromatic rings. The van der Waals surface area contributed by atoms with Crippen LogP contribution in [0.15, 0.2) is 35.2 Å². The quantitative estimate of drug-likeness (QED) is 0.850. The molecule has 2 rings (SSSR count). The molecule has 5 nitrogen and oxygen atoms in total. The third kappa shape index (κ3) is 4.14. The van der Waals surface area contributed by atoms with Crippen molar-refractivity contribution in [1.29, 1.82) is 0 Å². The Hall–Kier alpha value is -2.05. The number of nitrogens with one attached hydrogen (secondary N) is 1. The second kappa shape index (κ2) is 7.45. The van der Waals surface area contributed by atoms with Crippen LogP contribution in [0.1, 0.15) is 35.2 Å². The van der Waals surface area contributed by atoms with E-state index in [4.69, 9.17) is 9.47 Å². The zero-order chi connectivity index (χ0) is 18.8. The van der Waals surface area contributed by atoms with Crippen LogP contribution in [0.5, 0.6) is 11.5 Å². The fourth-order valence-electron chi connectivity index (χ4n) is 2.80. The number of benzene rings is 2. The smallest absolute Gasteiger partial charge is 0.244 e. The number of aryl methyl sites for hydroxylation is 3. The molecular formula is C19H25NO4S. The number of ether oxygens (including phenoxy) is 2. The predicted octanol–water partition coefficient (Wildman–Crippen LogP) is 3.67. The van der Waals surface area contributed by atoms with Gasteiger partial charge in [0.1, 0.15) is 16.4 Å². The number of methoxy groups -OCH3 is 2. The first-order valence-corrected chi connectivity index (χ1v) is 9.50. The van der Waals surface area contributed by atoms with Crippen molar-refractivity contribution in [3.63, 3.8) is 0 Å². The van der Waals surface area contributed by atoms with E-state index in [1.165, 1.54) is 25.8 Å². The molecule has 1 atom stereocenters. The highest BCUT2D eigenvalue weighted by atomic mass is 32.2. The summed E-state index contributed by atoms with van der Waals surface area (Å²) in [5.74, 6) is 0.730. The summed E-state index contributed by atoms with van der Waals surface area (Å²) in [6.45, 7) is 7.88. The highest BCUT2D eigenvalue weighted by Crippen LogP contribution is 2.30. The Balaban J connectivity index is 2.40. The van der Waals surface area contributed by atoms with E-state index in [9.17, 15) is 8.42 Å². The summed E-state index contributed by atoms with van der Waals surface area (Å²) in [6.07, 6.45) is 0. The van der Waals surface area contributed by atoms with Crippen LogP contribution in [-0.4, -0.2) is 22.6 Å². The van der Waals surface area contributed by atoms with Gasteiger partial charge in [-0.15, -0.1) is 0 Å². The molecule has 0 fully saturated rings. The van der Waals surface area contributed by atoms with E-state index in [1.807, 2.05) is 33.8 Å². The van der Waals surface area contributed by atoms with Crippen LogP contribution < -0.4 is 14.2 Å². The monoisotopic (exact) mass is 363 g/mol. The van der Waals surface area contributed by atoms with Crippen LogP contribution in [0.3, 0.4) is 0 Å². The van der Waals surface area contributed by atoms with E-state index in [1.54, 1.807) is 12.1 Å². The zero-order valence-corrected chi connectivity index (χ0v) is 16.3. The third-order valence-electron chi connectivity index (χ3n) is 4.34. The van der Waals surface area contributed by atoms with Crippen molar-refractivity contribution in [1.82, 2.24) is 4.72 Å². The first kappa shape index (κ1) is 19.3. The van der Waals surface area contributed by atoms with Gasteiger partial charge in [0, 0.05) is 12.1 Å². The summed E-state index contributed by atoms with van der Waals surface area (Å²) in [4.78, 5) is 0.0580. The van der Waals surface area contributed by atoms with E-state index < -0.39 is 10.0 Å². The number of rotatable bonds is 6. The molecule has 0 aliphatic rings. The fraction of sp³-hybridized carbons (Fsp3) is 0.368. The fourth-order valence-corrected chi connectivity index (χ4v) is 4.21. The lowest BCUT2D eigenvalue weighted by atomic mass is 9.97. The standard InChI is InChI=1S/C19H25NO4S/c1-12-9-14(3)17(10-13(12)2)15(4)20-25(21,22)19-11-16(23-5)7-8-18(19)24-6/h7-11,15,20H,1-6H3/t15-/m1/s1. The van der Waals surface area contributed by atoms with Crippen molar-refractivity contribution in [3.8, 4) is 11.5 Å². The Bertz CT molecular complexity index is 875. The minimum atomic E-state index is -3.78. The average molecular weight is 363 g/mol. The Morgan fingerprint density at radius 1 is 0.920 bits per heavy atom. The van der Waals surface area contributed by atoms with Gasteiger partial charge in [-0.2, -0.15) is 0 Å². The molecule has 0 saturated heterocycles. The number of hydrogen-bond donors (Lipinski definition) is 1. The van der Waals surface area contributed by atoms with Crippen LogP contribution in [0.25, 0.3) is 0 Å². The highest BCUT2D eigenvalue weighted by Gasteiger charge is 2.24. The number of hydrogen-bond acceptors (Lipinski definition) is 4. The molecule has 0 radical (unpaired) electrons. The van der Waals surface area contributed by atoms with Gasteiger partial charge in [0.05, 0.1) is 14.2 Å². The summed E-state index contributed by atoms with van der Waals surface area (Å²) in [5, 5.41) is 0. The van der Waals surface area contributed by atoms with E-state index >= 15 is 0 Å². The molecule has 0 aliphatic heterocycles. The maximum atomic E-state index is 12.9. The maximum absolute atomic E-state index is 12.9. The van der Waals surface area contributed by atoms with E-state index in [0.717, 1.165) is 16.7 Å². The second-order valence-corrected chi connectivity index (χ2v) is 7.84. The summed E-state index contributed by atoms with van der Waals surface area (Å²) >= 11 is 0. The first-order chi connectivity index (χ1) is 11.7. The molecule has 0 unspecified atom stereocenters. The molecule has 1 N–H and O–H groups in total. The van der Waals surface area contributed by atoms with Crippen molar-refractivity contribution >= 4 is 10.0 Å². The van der Waals surface area contributed by atoms with Crippen LogP contribution in [0.4, 0.5) is 0 Å². The van der Waals surface area contributed by atoms with Gasteiger partial charge in [-0.25, -0.2) is 13.1 Å². The van der Waals surface area contributed by atoms with Gasteiger partial charge in [-0.1, -0.05) is 12.1 Å². The van der Waals surface area contributed by atoms with E-state index in [2.05, 4.69) is 10.8 Å². The summed E-state index contributed by atoms with van der Waals surface area (Å²) in [5.41, 5.74) is 4.32. The Kier molecular flexibility index (Phi) is 5.75. The third-order valence-corrected chi connectivity index (χ3v) is 5.90. The zero-order valence-electron chi connectivity index (χ0n) is 15.5. The van der Waals surface area contributed by atoms with Gasteiger partial charge in [0.15, 0.2) is 0 Å². The molecule has 0 amide bonds. The van der Waals surface area contributed by atoms with Crippen LogP contribution in [0, 0.1) is 20.8 Å². The minimum absolute atomic E-state index is 0.0580. The topological polar surface area (TPSA) is 64.6 Å². The van der Waals surface area contributed by atoms with E-state index in [0.29, 0.717) is 5.75 Å². The van der Waals surface area contributed by atoms with Gasteiger partial charge in [0.25, 0.3) is 0 Å². The largest absolute Gasteiger partial charge is 0.497 e. The van der Waals surface area contributed by atoms with Gasteiger partial charge >= 0.3 is 0 Å². The van der Waals surface area contributed by atoms with Crippen molar-refractivity contribution in [2.24, 2.45) is 0 Å². The molecule has 0 bridgehead atoms. The van der Waals surface area contributed by atoms with Crippen molar-refractivity contribution < 1.29 is 17.9 Å². The van der Waals surface area contributed by atoms with Gasteiger partial charge in [-0.3, -0.25) is 0 Å². The SMILES string of the molecule is COc1ccc(OC)c(S(=O)(=O)N[C@H](C)c2cc(C)c(C)cc2C)c1. The lowest BCUT2D eigenvalue weighted by molar-refractivity contribution is 0.391. The molecule has 0 aromatic heterocycles. The highest BCUT2D eigenvalue weighted by molar-refractivity contribution is 7.89. The van der Waals surface area contributed by atoms with E-state index in [-0.39, 0.29) is 16.7 Å².